The lowest BCUT2D eigenvalue weighted by molar-refractivity contribution is 0.185. The van der Waals surface area contributed by atoms with Crippen molar-refractivity contribution < 1.29 is 4.74 Å². The van der Waals surface area contributed by atoms with Crippen LogP contribution < -0.4 is 5.32 Å². The summed E-state index contributed by atoms with van der Waals surface area (Å²) in [5.74, 6) is 0.950. The summed E-state index contributed by atoms with van der Waals surface area (Å²) in [7, 11) is 3.81. The standard InChI is InChI=1S/C19H27N3OS.HI/c1-4-20-19(22(2)11-10-18-9-6-12-24-18)21-14-16-7-5-8-17(13-16)15-23-3;/h5-9,12-13H,4,10-11,14-15H2,1-3H3,(H,20,21);1H. The van der Waals surface area contributed by atoms with Crippen LogP contribution in [0.15, 0.2) is 46.8 Å². The Bertz CT molecular complexity index is 631. The molecule has 0 bridgehead atoms. The molecule has 0 unspecified atom stereocenters. The Morgan fingerprint density at radius 3 is 2.72 bits per heavy atom. The van der Waals surface area contributed by atoms with Crippen LogP contribution in [-0.2, 0) is 24.3 Å². The number of benzene rings is 1. The summed E-state index contributed by atoms with van der Waals surface area (Å²) in [5, 5.41) is 5.50. The number of halogens is 1. The topological polar surface area (TPSA) is 36.9 Å². The summed E-state index contributed by atoms with van der Waals surface area (Å²) in [6, 6.07) is 12.7. The van der Waals surface area contributed by atoms with E-state index in [2.05, 4.69) is 66.0 Å². The molecule has 0 spiro atoms. The third-order valence-corrected chi connectivity index (χ3v) is 4.62. The number of thiophene rings is 1. The van der Waals surface area contributed by atoms with Gasteiger partial charge in [0.15, 0.2) is 5.96 Å². The van der Waals surface area contributed by atoms with E-state index in [1.165, 1.54) is 16.0 Å². The molecule has 1 aromatic carbocycles. The van der Waals surface area contributed by atoms with Crippen molar-refractivity contribution in [3.63, 3.8) is 0 Å². The Labute approximate surface area is 172 Å². The van der Waals surface area contributed by atoms with E-state index in [0.717, 1.165) is 25.5 Å². The molecule has 2 rings (SSSR count). The third-order valence-electron chi connectivity index (χ3n) is 3.68. The number of hydrogen-bond donors (Lipinski definition) is 1. The molecule has 1 N–H and O–H groups in total. The lowest BCUT2D eigenvalue weighted by atomic mass is 10.1. The minimum atomic E-state index is 0. The van der Waals surface area contributed by atoms with Crippen LogP contribution in [0.1, 0.15) is 22.9 Å². The molecule has 0 saturated carbocycles. The highest BCUT2D eigenvalue weighted by Crippen LogP contribution is 2.10. The second kappa shape index (κ2) is 12.3. The predicted octanol–water partition coefficient (Wildman–Crippen LogP) is 4.15. The molecular weight excluding hydrogens is 445 g/mol. The first kappa shape index (κ1) is 21.9. The first-order chi connectivity index (χ1) is 11.7. The van der Waals surface area contributed by atoms with Crippen molar-refractivity contribution in [3.8, 4) is 0 Å². The van der Waals surface area contributed by atoms with Crippen LogP contribution in [0.2, 0.25) is 0 Å². The Kier molecular flexibility index (Phi) is 10.8. The smallest absolute Gasteiger partial charge is 0.193 e. The lowest BCUT2D eigenvalue weighted by Crippen LogP contribution is -2.39. The van der Waals surface area contributed by atoms with E-state index in [9.17, 15) is 0 Å². The van der Waals surface area contributed by atoms with Crippen molar-refractivity contribution in [1.82, 2.24) is 10.2 Å². The number of rotatable bonds is 8. The van der Waals surface area contributed by atoms with E-state index in [1.54, 1.807) is 7.11 Å². The zero-order chi connectivity index (χ0) is 17.2. The first-order valence-corrected chi connectivity index (χ1v) is 9.19. The molecule has 25 heavy (non-hydrogen) atoms. The van der Waals surface area contributed by atoms with Crippen molar-refractivity contribution >= 4 is 41.3 Å². The van der Waals surface area contributed by atoms with Crippen LogP contribution in [0.25, 0.3) is 0 Å². The monoisotopic (exact) mass is 473 g/mol. The minimum absolute atomic E-state index is 0. The van der Waals surface area contributed by atoms with Crippen molar-refractivity contribution in [2.45, 2.75) is 26.5 Å². The van der Waals surface area contributed by atoms with Gasteiger partial charge in [-0.3, -0.25) is 0 Å². The summed E-state index contributed by atoms with van der Waals surface area (Å²) < 4.78 is 5.20. The number of aliphatic imine (C=N–C) groups is 1. The van der Waals surface area contributed by atoms with E-state index in [0.29, 0.717) is 13.2 Å². The van der Waals surface area contributed by atoms with Gasteiger partial charge in [0.1, 0.15) is 0 Å². The fourth-order valence-corrected chi connectivity index (χ4v) is 3.16. The van der Waals surface area contributed by atoms with Crippen molar-refractivity contribution in [3.05, 3.63) is 57.8 Å². The van der Waals surface area contributed by atoms with E-state index in [4.69, 9.17) is 9.73 Å². The maximum atomic E-state index is 5.20. The van der Waals surface area contributed by atoms with Gasteiger partial charge in [0, 0.05) is 32.1 Å². The van der Waals surface area contributed by atoms with Gasteiger partial charge in [0.2, 0.25) is 0 Å². The first-order valence-electron chi connectivity index (χ1n) is 8.31. The van der Waals surface area contributed by atoms with Crippen LogP contribution in [0.4, 0.5) is 0 Å². The summed E-state index contributed by atoms with van der Waals surface area (Å²) in [4.78, 5) is 8.38. The number of nitrogens with one attached hydrogen (secondary N) is 1. The maximum Gasteiger partial charge on any atom is 0.193 e. The summed E-state index contributed by atoms with van der Waals surface area (Å²) >= 11 is 1.81. The van der Waals surface area contributed by atoms with E-state index in [1.807, 2.05) is 11.3 Å². The minimum Gasteiger partial charge on any atom is -0.380 e. The Balaban J connectivity index is 0.00000312. The average Bonchev–Trinajstić information content (AvgIpc) is 3.10. The molecule has 0 radical (unpaired) electrons. The molecule has 0 amide bonds. The van der Waals surface area contributed by atoms with Gasteiger partial charge in [-0.2, -0.15) is 0 Å². The van der Waals surface area contributed by atoms with Crippen LogP contribution >= 0.6 is 35.3 Å². The van der Waals surface area contributed by atoms with E-state index >= 15 is 0 Å². The van der Waals surface area contributed by atoms with Gasteiger partial charge in [-0.15, -0.1) is 35.3 Å². The number of guanidine groups is 1. The Morgan fingerprint density at radius 1 is 1.24 bits per heavy atom. The molecule has 0 aliphatic carbocycles. The Morgan fingerprint density at radius 2 is 2.04 bits per heavy atom. The van der Waals surface area contributed by atoms with Crippen molar-refractivity contribution in [2.75, 3.05) is 27.2 Å². The lowest BCUT2D eigenvalue weighted by Gasteiger charge is -2.21. The van der Waals surface area contributed by atoms with Gasteiger partial charge in [0.05, 0.1) is 13.2 Å². The zero-order valence-electron chi connectivity index (χ0n) is 15.2. The number of ether oxygens (including phenoxy) is 1. The largest absolute Gasteiger partial charge is 0.380 e. The SMILES string of the molecule is CCNC(=NCc1cccc(COC)c1)N(C)CCc1cccs1.I. The van der Waals surface area contributed by atoms with Crippen molar-refractivity contribution in [2.24, 2.45) is 4.99 Å². The fraction of sp³-hybridized carbons (Fsp3) is 0.421. The number of methoxy groups -OCH3 is 1. The molecule has 0 fully saturated rings. The second-order valence-corrected chi connectivity index (χ2v) is 6.71. The molecule has 0 atom stereocenters. The number of nitrogens with zero attached hydrogens (tertiary/aromatic N) is 2. The molecule has 138 valence electrons. The highest BCUT2D eigenvalue weighted by Gasteiger charge is 2.06. The summed E-state index contributed by atoms with van der Waals surface area (Å²) in [5.41, 5.74) is 2.38. The number of hydrogen-bond acceptors (Lipinski definition) is 3. The number of likely N-dealkylation sites (N-methyl/N-ethyl adjacent to an activating group) is 1. The van der Waals surface area contributed by atoms with Crippen LogP contribution in [-0.4, -0.2) is 38.1 Å². The third kappa shape index (κ3) is 7.75. The van der Waals surface area contributed by atoms with Crippen LogP contribution in [0.5, 0.6) is 0 Å². The normalized spacial score (nSPS) is 11.1. The van der Waals surface area contributed by atoms with Gasteiger partial charge >= 0.3 is 0 Å². The molecule has 4 nitrogen and oxygen atoms in total. The quantitative estimate of drug-likeness (QED) is 0.356. The molecule has 0 aliphatic heterocycles. The average molecular weight is 473 g/mol. The fourth-order valence-electron chi connectivity index (χ4n) is 2.46. The molecule has 6 heteroatoms. The summed E-state index contributed by atoms with van der Waals surface area (Å²) in [6.45, 7) is 5.23. The van der Waals surface area contributed by atoms with Gasteiger partial charge in [-0.25, -0.2) is 4.99 Å². The van der Waals surface area contributed by atoms with Crippen molar-refractivity contribution in [1.29, 1.82) is 0 Å². The highest BCUT2D eigenvalue weighted by atomic mass is 127. The molecular formula is C19H28IN3OS. The second-order valence-electron chi connectivity index (χ2n) is 5.67. The van der Waals surface area contributed by atoms with Gasteiger partial charge in [0.25, 0.3) is 0 Å². The van der Waals surface area contributed by atoms with Crippen LogP contribution in [0.3, 0.4) is 0 Å². The van der Waals surface area contributed by atoms with Gasteiger partial charge in [-0.05, 0) is 35.9 Å². The van der Waals surface area contributed by atoms with Gasteiger partial charge in [-0.1, -0.05) is 30.3 Å². The molecule has 1 heterocycles. The highest BCUT2D eigenvalue weighted by molar-refractivity contribution is 14.0. The predicted molar refractivity (Wildman–Crippen MR) is 118 cm³/mol. The maximum absolute atomic E-state index is 5.20. The molecule has 0 saturated heterocycles. The zero-order valence-corrected chi connectivity index (χ0v) is 18.3. The molecule has 1 aromatic heterocycles. The molecule has 2 aromatic rings. The Hall–Kier alpha value is -1.12. The molecule has 0 aliphatic rings. The van der Waals surface area contributed by atoms with Gasteiger partial charge < -0.3 is 15.0 Å². The van der Waals surface area contributed by atoms with E-state index in [-0.39, 0.29) is 24.0 Å². The van der Waals surface area contributed by atoms with E-state index < -0.39 is 0 Å². The van der Waals surface area contributed by atoms with Crippen LogP contribution in [0, 0.1) is 0 Å². The summed E-state index contributed by atoms with van der Waals surface area (Å²) in [6.07, 6.45) is 1.04.